The number of benzene rings is 2. The Balaban J connectivity index is 1.86. The minimum atomic E-state index is -4.48. The van der Waals surface area contributed by atoms with Gasteiger partial charge in [-0.25, -0.2) is 4.68 Å². The molecule has 0 aliphatic carbocycles. The number of aromatic nitrogens is 2. The van der Waals surface area contributed by atoms with Gasteiger partial charge in [0.2, 0.25) is 5.43 Å². The number of nitrogens with one attached hydrogen (secondary N) is 1. The van der Waals surface area contributed by atoms with Crippen LogP contribution in [-0.2, 0) is 12.7 Å². The Kier molecular flexibility index (Phi) is 5.74. The maximum absolute atomic E-state index is 12.8. The van der Waals surface area contributed by atoms with Gasteiger partial charge >= 0.3 is 6.18 Å². The van der Waals surface area contributed by atoms with E-state index in [1.807, 2.05) is 0 Å². The Morgan fingerprint density at radius 3 is 2.55 bits per heavy atom. The van der Waals surface area contributed by atoms with Crippen molar-refractivity contribution in [2.75, 3.05) is 0 Å². The molecule has 3 rings (SSSR count). The number of hydrogen-bond acceptors (Lipinski definition) is 3. The lowest BCUT2D eigenvalue weighted by molar-refractivity contribution is -0.137. The van der Waals surface area contributed by atoms with Crippen molar-refractivity contribution in [2.24, 2.45) is 0 Å². The Morgan fingerprint density at radius 2 is 1.86 bits per heavy atom. The first-order valence-electron chi connectivity index (χ1n) is 8.47. The third kappa shape index (κ3) is 4.65. The maximum atomic E-state index is 12.8. The zero-order chi connectivity index (χ0) is 21.2. The van der Waals surface area contributed by atoms with E-state index in [2.05, 4.69) is 10.4 Å². The van der Waals surface area contributed by atoms with Crippen molar-refractivity contribution in [2.45, 2.75) is 19.6 Å². The second-order valence-electron chi connectivity index (χ2n) is 6.24. The molecule has 1 N–H and O–H groups in total. The Bertz CT molecular complexity index is 1130. The topological polar surface area (TPSA) is 64.0 Å². The van der Waals surface area contributed by atoms with Gasteiger partial charge < -0.3 is 5.32 Å². The molecule has 2 aromatic carbocycles. The van der Waals surface area contributed by atoms with Gasteiger partial charge in [0.15, 0.2) is 5.69 Å². The van der Waals surface area contributed by atoms with Crippen LogP contribution in [-0.4, -0.2) is 15.7 Å². The Hall–Kier alpha value is -3.13. The fourth-order valence-corrected chi connectivity index (χ4v) is 2.91. The first-order valence-corrected chi connectivity index (χ1v) is 8.85. The van der Waals surface area contributed by atoms with E-state index in [1.165, 1.54) is 22.9 Å². The van der Waals surface area contributed by atoms with Crippen molar-refractivity contribution in [3.8, 4) is 5.69 Å². The molecule has 5 nitrogen and oxygen atoms in total. The minimum Gasteiger partial charge on any atom is -0.346 e. The van der Waals surface area contributed by atoms with Gasteiger partial charge in [-0.15, -0.1) is 0 Å². The fourth-order valence-electron chi connectivity index (χ4n) is 2.70. The summed E-state index contributed by atoms with van der Waals surface area (Å²) in [4.78, 5) is 24.7. The van der Waals surface area contributed by atoms with Crippen LogP contribution in [0.3, 0.4) is 0 Å². The predicted molar refractivity (Wildman–Crippen MR) is 102 cm³/mol. The van der Waals surface area contributed by atoms with Crippen LogP contribution in [0, 0.1) is 6.92 Å². The Labute approximate surface area is 168 Å². The molecule has 0 fully saturated rings. The van der Waals surface area contributed by atoms with Gasteiger partial charge in [-0.3, -0.25) is 9.59 Å². The second-order valence-corrected chi connectivity index (χ2v) is 6.65. The molecule has 3 aromatic rings. The molecule has 0 spiro atoms. The van der Waals surface area contributed by atoms with Crippen LogP contribution in [0.4, 0.5) is 13.2 Å². The highest BCUT2D eigenvalue weighted by Crippen LogP contribution is 2.29. The van der Waals surface area contributed by atoms with Gasteiger partial charge in [-0.05, 0) is 36.8 Å². The van der Waals surface area contributed by atoms with Crippen LogP contribution in [0.5, 0.6) is 0 Å². The van der Waals surface area contributed by atoms with Crippen LogP contribution in [0.25, 0.3) is 5.69 Å². The molecule has 1 amide bonds. The lowest BCUT2D eigenvalue weighted by Crippen LogP contribution is -2.31. The van der Waals surface area contributed by atoms with E-state index in [0.717, 1.165) is 12.1 Å². The van der Waals surface area contributed by atoms with Gasteiger partial charge in [0.1, 0.15) is 0 Å². The van der Waals surface area contributed by atoms with Gasteiger partial charge in [0.05, 0.1) is 16.3 Å². The predicted octanol–water partition coefficient (Wildman–Crippen LogP) is 4.14. The second kappa shape index (κ2) is 8.08. The number of rotatable bonds is 4. The van der Waals surface area contributed by atoms with Crippen molar-refractivity contribution >= 4 is 17.5 Å². The third-order valence-corrected chi connectivity index (χ3v) is 4.43. The van der Waals surface area contributed by atoms with Crippen LogP contribution in [0.2, 0.25) is 5.02 Å². The lowest BCUT2D eigenvalue weighted by Gasteiger charge is -2.13. The molecular formula is C20H15ClF3N3O2. The average Bonchev–Trinajstić information content (AvgIpc) is 2.67. The number of carbonyl (C=O) groups is 1. The van der Waals surface area contributed by atoms with Crippen LogP contribution in [0.15, 0.2) is 59.4 Å². The normalized spacial score (nSPS) is 11.3. The van der Waals surface area contributed by atoms with Crippen molar-refractivity contribution in [1.82, 2.24) is 15.1 Å². The SMILES string of the molecule is Cc1cc(=O)c(C(=O)NCc2cccc(C(F)(F)F)c2)nn1-c1ccccc1Cl. The number of aryl methyl sites for hydroxylation is 1. The van der Waals surface area contributed by atoms with E-state index in [9.17, 15) is 22.8 Å². The summed E-state index contributed by atoms with van der Waals surface area (Å²) < 4.78 is 39.8. The molecule has 0 unspecified atom stereocenters. The van der Waals surface area contributed by atoms with E-state index >= 15 is 0 Å². The monoisotopic (exact) mass is 421 g/mol. The fraction of sp³-hybridized carbons (Fsp3) is 0.150. The summed E-state index contributed by atoms with van der Waals surface area (Å²) in [6, 6.07) is 12.6. The van der Waals surface area contributed by atoms with Gasteiger partial charge in [0, 0.05) is 18.3 Å². The average molecular weight is 422 g/mol. The number of alkyl halides is 3. The molecule has 0 saturated heterocycles. The highest BCUT2D eigenvalue weighted by Gasteiger charge is 2.30. The number of nitrogens with zero attached hydrogens (tertiary/aromatic N) is 2. The summed E-state index contributed by atoms with van der Waals surface area (Å²) in [5.41, 5.74) is -0.614. The minimum absolute atomic E-state index is 0.191. The number of carbonyl (C=O) groups excluding carboxylic acids is 1. The third-order valence-electron chi connectivity index (χ3n) is 4.11. The van der Waals surface area contributed by atoms with E-state index in [4.69, 9.17) is 11.6 Å². The quantitative estimate of drug-likeness (QED) is 0.688. The van der Waals surface area contributed by atoms with Gasteiger partial charge in [-0.2, -0.15) is 18.3 Å². The van der Waals surface area contributed by atoms with Crippen molar-refractivity contribution < 1.29 is 18.0 Å². The number of halogens is 4. The van der Waals surface area contributed by atoms with E-state index in [1.54, 1.807) is 31.2 Å². The lowest BCUT2D eigenvalue weighted by atomic mass is 10.1. The molecule has 1 aromatic heterocycles. The molecule has 150 valence electrons. The smallest absolute Gasteiger partial charge is 0.346 e. The van der Waals surface area contributed by atoms with Gasteiger partial charge in [-0.1, -0.05) is 35.9 Å². The zero-order valence-corrected chi connectivity index (χ0v) is 15.9. The summed E-state index contributed by atoms with van der Waals surface area (Å²) in [6.07, 6.45) is -4.48. The molecule has 29 heavy (non-hydrogen) atoms. The van der Waals surface area contributed by atoms with Crippen LogP contribution in [0.1, 0.15) is 27.3 Å². The summed E-state index contributed by atoms with van der Waals surface area (Å²) in [6.45, 7) is 1.45. The molecule has 0 saturated carbocycles. The highest BCUT2D eigenvalue weighted by molar-refractivity contribution is 6.32. The number of amides is 1. The van der Waals surface area contributed by atoms with Crippen molar-refractivity contribution in [3.05, 3.63) is 92.4 Å². The summed E-state index contributed by atoms with van der Waals surface area (Å²) in [5.74, 6) is -0.798. The standard InChI is InChI=1S/C20H15ClF3N3O2/c1-12-9-17(28)18(26-27(12)16-8-3-2-7-15(16)21)19(29)25-11-13-5-4-6-14(10-13)20(22,23)24/h2-10H,11H2,1H3,(H,25,29). The molecule has 0 aliphatic rings. The molecule has 0 aliphatic heterocycles. The maximum Gasteiger partial charge on any atom is 0.416 e. The first kappa shape index (κ1) is 20.6. The van der Waals surface area contributed by atoms with Crippen LogP contribution >= 0.6 is 11.6 Å². The van der Waals surface area contributed by atoms with E-state index in [-0.39, 0.29) is 17.8 Å². The number of para-hydroxylation sites is 1. The molecular weight excluding hydrogens is 407 g/mol. The number of hydrogen-bond donors (Lipinski definition) is 1. The van der Waals surface area contributed by atoms with Gasteiger partial charge in [0.25, 0.3) is 5.91 Å². The molecule has 0 radical (unpaired) electrons. The largest absolute Gasteiger partial charge is 0.416 e. The first-order chi connectivity index (χ1) is 13.7. The van der Waals surface area contributed by atoms with Crippen molar-refractivity contribution in [3.63, 3.8) is 0 Å². The molecule has 9 heteroatoms. The summed E-state index contributed by atoms with van der Waals surface area (Å²) in [7, 11) is 0. The molecule has 1 heterocycles. The summed E-state index contributed by atoms with van der Waals surface area (Å²) >= 11 is 6.16. The van der Waals surface area contributed by atoms with E-state index < -0.39 is 23.1 Å². The molecule has 0 atom stereocenters. The zero-order valence-electron chi connectivity index (χ0n) is 15.1. The van der Waals surface area contributed by atoms with Crippen LogP contribution < -0.4 is 10.7 Å². The van der Waals surface area contributed by atoms with E-state index in [0.29, 0.717) is 16.4 Å². The molecule has 0 bridgehead atoms. The summed E-state index contributed by atoms with van der Waals surface area (Å²) in [5, 5.41) is 6.91. The van der Waals surface area contributed by atoms with Crippen molar-refractivity contribution in [1.29, 1.82) is 0 Å². The highest BCUT2D eigenvalue weighted by atomic mass is 35.5. The Morgan fingerprint density at radius 1 is 1.14 bits per heavy atom.